The summed E-state index contributed by atoms with van der Waals surface area (Å²) in [5, 5.41) is 0.884. The molecule has 0 spiro atoms. The minimum Gasteiger partial charge on any atom is -0.493 e. The average Bonchev–Trinajstić information content (AvgIpc) is 3.12. The number of rotatable bonds is 9. The highest BCUT2D eigenvalue weighted by Gasteiger charge is 2.34. The number of benzene rings is 3. The molecule has 180 valence electrons. The molecular formula is C26H21Cl2NO5S. The van der Waals surface area contributed by atoms with E-state index in [4.69, 9.17) is 37.4 Å². The number of hydrogen-bond acceptors (Lipinski definition) is 6. The summed E-state index contributed by atoms with van der Waals surface area (Å²) < 4.78 is 16.9. The van der Waals surface area contributed by atoms with Crippen molar-refractivity contribution in [3.8, 4) is 17.2 Å². The van der Waals surface area contributed by atoms with Crippen LogP contribution in [-0.4, -0.2) is 36.3 Å². The minimum atomic E-state index is -0.363. The van der Waals surface area contributed by atoms with E-state index >= 15 is 0 Å². The lowest BCUT2D eigenvalue weighted by Gasteiger charge is -2.13. The smallest absolute Gasteiger partial charge is 0.293 e. The summed E-state index contributed by atoms with van der Waals surface area (Å²) in [7, 11) is 1.54. The van der Waals surface area contributed by atoms with Crippen molar-refractivity contribution in [2.75, 3.05) is 20.3 Å². The Morgan fingerprint density at radius 3 is 2.46 bits per heavy atom. The van der Waals surface area contributed by atoms with E-state index in [0.717, 1.165) is 17.3 Å². The molecule has 0 atom stereocenters. The van der Waals surface area contributed by atoms with Gasteiger partial charge in [0, 0.05) is 15.6 Å². The van der Waals surface area contributed by atoms with Crippen molar-refractivity contribution in [3.63, 3.8) is 0 Å². The molecule has 0 unspecified atom stereocenters. The van der Waals surface area contributed by atoms with E-state index in [0.29, 0.717) is 37.8 Å². The van der Waals surface area contributed by atoms with Crippen molar-refractivity contribution in [1.82, 2.24) is 4.90 Å². The molecule has 0 aliphatic carbocycles. The molecule has 6 nitrogen and oxygen atoms in total. The van der Waals surface area contributed by atoms with Gasteiger partial charge in [0.05, 0.1) is 18.6 Å². The van der Waals surface area contributed by atoms with Gasteiger partial charge in [-0.05, 0) is 65.9 Å². The first kappa shape index (κ1) is 25.0. The van der Waals surface area contributed by atoms with E-state index in [9.17, 15) is 9.59 Å². The van der Waals surface area contributed by atoms with Crippen LogP contribution < -0.4 is 14.2 Å². The Hall–Kier alpha value is -3.13. The lowest BCUT2D eigenvalue weighted by molar-refractivity contribution is -0.123. The fourth-order valence-corrected chi connectivity index (χ4v) is 4.48. The second-order valence-electron chi connectivity index (χ2n) is 7.43. The number of thioether (sulfide) groups is 1. The normalized spacial score (nSPS) is 14.5. The summed E-state index contributed by atoms with van der Waals surface area (Å²) in [5.41, 5.74) is 1.56. The topological polar surface area (TPSA) is 65.1 Å². The molecule has 3 aromatic rings. The maximum Gasteiger partial charge on any atom is 0.293 e. The highest BCUT2D eigenvalue weighted by atomic mass is 35.5. The molecule has 1 heterocycles. The first-order valence-electron chi connectivity index (χ1n) is 10.6. The first-order valence-corrected chi connectivity index (χ1v) is 12.2. The van der Waals surface area contributed by atoms with E-state index in [1.54, 1.807) is 54.6 Å². The highest BCUT2D eigenvalue weighted by molar-refractivity contribution is 8.18. The largest absolute Gasteiger partial charge is 0.493 e. The standard InChI is InChI=1S/C26H21Cl2NO5S/c1-32-23-14-17(6-11-22(23)34-16-18-4-2-3-5-21(18)28)15-24-25(30)29(26(31)35-24)12-13-33-20-9-7-19(27)8-10-20/h2-11,14-15H,12-13,16H2,1H3/b24-15-. The number of halogens is 2. The van der Waals surface area contributed by atoms with Gasteiger partial charge in [-0.2, -0.15) is 0 Å². The van der Waals surface area contributed by atoms with Gasteiger partial charge in [0.2, 0.25) is 0 Å². The van der Waals surface area contributed by atoms with Crippen LogP contribution >= 0.6 is 35.0 Å². The maximum absolute atomic E-state index is 12.8. The SMILES string of the molecule is COc1cc(/C=C2\SC(=O)N(CCOc3ccc(Cl)cc3)C2=O)ccc1OCc1ccccc1Cl. The van der Waals surface area contributed by atoms with Crippen LogP contribution in [-0.2, 0) is 11.4 Å². The van der Waals surface area contributed by atoms with Crippen LogP contribution in [0.1, 0.15) is 11.1 Å². The van der Waals surface area contributed by atoms with Crippen LogP contribution in [0.25, 0.3) is 6.08 Å². The number of carbonyl (C=O) groups is 2. The number of imide groups is 1. The van der Waals surface area contributed by atoms with Gasteiger partial charge < -0.3 is 14.2 Å². The average molecular weight is 530 g/mol. The van der Waals surface area contributed by atoms with E-state index in [2.05, 4.69) is 0 Å². The van der Waals surface area contributed by atoms with Crippen LogP contribution in [0.5, 0.6) is 17.2 Å². The molecule has 1 aliphatic heterocycles. The van der Waals surface area contributed by atoms with E-state index < -0.39 is 0 Å². The molecule has 4 rings (SSSR count). The van der Waals surface area contributed by atoms with Crippen molar-refractivity contribution in [2.24, 2.45) is 0 Å². The van der Waals surface area contributed by atoms with Gasteiger partial charge in [-0.15, -0.1) is 0 Å². The number of amides is 2. The van der Waals surface area contributed by atoms with Crippen molar-refractivity contribution < 1.29 is 23.8 Å². The van der Waals surface area contributed by atoms with Crippen molar-refractivity contribution >= 4 is 52.2 Å². The molecule has 1 saturated heterocycles. The summed E-state index contributed by atoms with van der Waals surface area (Å²) in [6.45, 7) is 0.605. The summed E-state index contributed by atoms with van der Waals surface area (Å²) in [6, 6.07) is 19.6. The summed E-state index contributed by atoms with van der Waals surface area (Å²) in [5.74, 6) is 1.29. The Bertz CT molecular complexity index is 1260. The Labute approximate surface area is 217 Å². The second-order valence-corrected chi connectivity index (χ2v) is 9.26. The molecule has 0 N–H and O–H groups in total. The fourth-order valence-electron chi connectivity index (χ4n) is 3.29. The van der Waals surface area contributed by atoms with E-state index in [1.165, 1.54) is 12.0 Å². The zero-order chi connectivity index (χ0) is 24.8. The molecule has 9 heteroatoms. The zero-order valence-corrected chi connectivity index (χ0v) is 21.0. The van der Waals surface area contributed by atoms with Gasteiger partial charge in [-0.3, -0.25) is 14.5 Å². The monoisotopic (exact) mass is 529 g/mol. The third kappa shape index (κ3) is 6.31. The quantitative estimate of drug-likeness (QED) is 0.287. The zero-order valence-electron chi connectivity index (χ0n) is 18.7. The Morgan fingerprint density at radius 2 is 1.71 bits per heavy atom. The van der Waals surface area contributed by atoms with Crippen LogP contribution in [0.15, 0.2) is 71.6 Å². The third-order valence-electron chi connectivity index (χ3n) is 5.10. The van der Waals surface area contributed by atoms with Gasteiger partial charge in [-0.1, -0.05) is 47.5 Å². The number of nitrogens with zero attached hydrogens (tertiary/aromatic N) is 1. The summed E-state index contributed by atoms with van der Waals surface area (Å²) >= 11 is 12.9. The second kappa shape index (κ2) is 11.5. The molecule has 1 fully saturated rings. The maximum atomic E-state index is 12.8. The number of hydrogen-bond donors (Lipinski definition) is 0. The van der Waals surface area contributed by atoms with Crippen molar-refractivity contribution in [2.45, 2.75) is 6.61 Å². The van der Waals surface area contributed by atoms with Crippen LogP contribution in [0.3, 0.4) is 0 Å². The Kier molecular flexibility index (Phi) is 8.23. The minimum absolute atomic E-state index is 0.142. The molecule has 35 heavy (non-hydrogen) atoms. The predicted molar refractivity (Wildman–Crippen MR) is 138 cm³/mol. The Balaban J connectivity index is 1.40. The number of carbonyl (C=O) groups excluding carboxylic acids is 2. The van der Waals surface area contributed by atoms with Gasteiger partial charge in [-0.25, -0.2) is 0 Å². The van der Waals surface area contributed by atoms with Gasteiger partial charge >= 0.3 is 0 Å². The molecular weight excluding hydrogens is 509 g/mol. The molecule has 0 aromatic heterocycles. The molecule has 0 saturated carbocycles. The van der Waals surface area contributed by atoms with Crippen molar-refractivity contribution in [1.29, 1.82) is 0 Å². The van der Waals surface area contributed by atoms with Gasteiger partial charge in [0.1, 0.15) is 19.0 Å². The molecule has 2 amide bonds. The molecule has 0 bridgehead atoms. The van der Waals surface area contributed by atoms with Gasteiger partial charge in [0.15, 0.2) is 11.5 Å². The van der Waals surface area contributed by atoms with E-state index in [1.807, 2.05) is 18.2 Å². The van der Waals surface area contributed by atoms with Gasteiger partial charge in [0.25, 0.3) is 11.1 Å². The highest BCUT2D eigenvalue weighted by Crippen LogP contribution is 2.35. The molecule has 1 aliphatic rings. The lowest BCUT2D eigenvalue weighted by atomic mass is 10.1. The van der Waals surface area contributed by atoms with Crippen LogP contribution in [0.2, 0.25) is 10.0 Å². The summed E-state index contributed by atoms with van der Waals surface area (Å²) in [4.78, 5) is 26.7. The first-order chi connectivity index (χ1) is 16.9. The van der Waals surface area contributed by atoms with Crippen molar-refractivity contribution in [3.05, 3.63) is 92.8 Å². The Morgan fingerprint density at radius 1 is 0.943 bits per heavy atom. The molecule has 3 aromatic carbocycles. The van der Waals surface area contributed by atoms with E-state index in [-0.39, 0.29) is 30.9 Å². The third-order valence-corrected chi connectivity index (χ3v) is 6.63. The number of ether oxygens (including phenoxy) is 3. The van der Waals surface area contributed by atoms with Crippen LogP contribution in [0, 0.1) is 0 Å². The van der Waals surface area contributed by atoms with Crippen LogP contribution in [0.4, 0.5) is 4.79 Å². The summed E-state index contributed by atoms with van der Waals surface area (Å²) in [6.07, 6.45) is 1.66. The lowest BCUT2D eigenvalue weighted by Crippen LogP contribution is -2.32. The number of methoxy groups -OCH3 is 1. The fraction of sp³-hybridized carbons (Fsp3) is 0.154. The molecule has 0 radical (unpaired) electrons. The predicted octanol–water partition coefficient (Wildman–Crippen LogP) is 6.70.